The quantitative estimate of drug-likeness (QED) is 0.313. The average Bonchev–Trinajstić information content (AvgIpc) is 3.14. The van der Waals surface area contributed by atoms with Gasteiger partial charge in [-0.3, -0.25) is 18.8 Å². The van der Waals surface area contributed by atoms with Crippen LogP contribution in [0.25, 0.3) is 11.0 Å². The number of anilines is 1. The van der Waals surface area contributed by atoms with Crippen LogP contribution in [0.3, 0.4) is 0 Å². The van der Waals surface area contributed by atoms with E-state index >= 15 is 0 Å². The monoisotopic (exact) mass is 487 g/mol. The fourth-order valence-corrected chi connectivity index (χ4v) is 4.24. The molecule has 0 aliphatic rings. The van der Waals surface area contributed by atoms with Crippen molar-refractivity contribution in [3.05, 3.63) is 81.5 Å². The lowest BCUT2D eigenvalue weighted by Crippen LogP contribution is -2.26. The van der Waals surface area contributed by atoms with Crippen LogP contribution in [0.15, 0.2) is 52.4 Å². The number of nitrogens with zero attached hydrogens (tertiary/aromatic N) is 4. The Kier molecular flexibility index (Phi) is 6.73. The molecule has 1 N–H and O–H groups in total. The highest BCUT2D eigenvalue weighted by atomic mass is 32.2. The van der Waals surface area contributed by atoms with Gasteiger partial charge < -0.3 is 5.32 Å². The molecule has 7 nitrogen and oxygen atoms in total. The number of thioether (sulfide) groups is 1. The Morgan fingerprint density at radius 3 is 2.50 bits per heavy atom. The first kappa shape index (κ1) is 23.6. The highest BCUT2D eigenvalue weighted by Gasteiger charge is 2.19. The van der Waals surface area contributed by atoms with Crippen molar-refractivity contribution in [3.8, 4) is 0 Å². The van der Waals surface area contributed by atoms with Gasteiger partial charge in [0.05, 0.1) is 23.7 Å². The summed E-state index contributed by atoms with van der Waals surface area (Å²) < 4.78 is 43.5. The predicted octanol–water partition coefficient (Wildman–Crippen LogP) is 4.12. The summed E-state index contributed by atoms with van der Waals surface area (Å²) in [4.78, 5) is 30.4. The van der Waals surface area contributed by atoms with Gasteiger partial charge in [-0.15, -0.1) is 0 Å². The van der Waals surface area contributed by atoms with Crippen LogP contribution in [0, 0.1) is 24.4 Å². The van der Waals surface area contributed by atoms with Gasteiger partial charge in [-0.2, -0.15) is 5.10 Å². The van der Waals surface area contributed by atoms with Gasteiger partial charge in [0.1, 0.15) is 23.0 Å². The van der Waals surface area contributed by atoms with Crippen LogP contribution in [-0.2, 0) is 17.9 Å². The van der Waals surface area contributed by atoms with E-state index in [0.29, 0.717) is 28.8 Å². The van der Waals surface area contributed by atoms with Crippen LogP contribution >= 0.6 is 11.8 Å². The molecule has 2 heterocycles. The smallest absolute Gasteiger partial charge is 0.280 e. The molecule has 11 heteroatoms. The van der Waals surface area contributed by atoms with Gasteiger partial charge in [-0.05, 0) is 43.7 Å². The minimum absolute atomic E-state index is 0.0957. The van der Waals surface area contributed by atoms with Crippen molar-refractivity contribution in [2.24, 2.45) is 0 Å². The second-order valence-electron chi connectivity index (χ2n) is 7.47. The average molecular weight is 488 g/mol. The number of aromatic nitrogens is 4. The minimum atomic E-state index is -0.768. The number of fused-ring (bicyclic) bond motifs is 1. The van der Waals surface area contributed by atoms with E-state index in [4.69, 9.17) is 0 Å². The SMILES string of the molecule is CCn1nc(C)c2nc(SCC(=O)Nc3cc(F)ccc3F)n(Cc3ccc(F)cc3)c(=O)c21. The third kappa shape index (κ3) is 4.84. The van der Waals surface area contributed by atoms with E-state index in [2.05, 4.69) is 15.4 Å². The molecule has 4 aromatic rings. The predicted molar refractivity (Wildman–Crippen MR) is 123 cm³/mol. The Hall–Kier alpha value is -3.60. The summed E-state index contributed by atoms with van der Waals surface area (Å²) in [7, 11) is 0. The zero-order chi connectivity index (χ0) is 24.4. The number of aryl methyl sites for hydroxylation is 2. The Morgan fingerprint density at radius 1 is 1.09 bits per heavy atom. The number of amides is 1. The summed E-state index contributed by atoms with van der Waals surface area (Å²) in [5, 5.41) is 6.94. The molecular formula is C23H20F3N5O2S. The van der Waals surface area contributed by atoms with E-state index in [-0.39, 0.29) is 28.7 Å². The molecule has 0 atom stereocenters. The van der Waals surface area contributed by atoms with Gasteiger partial charge in [0.2, 0.25) is 5.91 Å². The fourth-order valence-electron chi connectivity index (χ4n) is 3.45. The Bertz CT molecular complexity index is 1430. The summed E-state index contributed by atoms with van der Waals surface area (Å²) in [5.74, 6) is -2.67. The number of hydrogen-bond donors (Lipinski definition) is 1. The Labute approximate surface area is 196 Å². The number of benzene rings is 2. The molecule has 0 saturated heterocycles. The first-order valence-electron chi connectivity index (χ1n) is 10.4. The maximum Gasteiger partial charge on any atom is 0.280 e. The van der Waals surface area contributed by atoms with Crippen LogP contribution in [-0.4, -0.2) is 31.0 Å². The van der Waals surface area contributed by atoms with E-state index in [1.807, 2.05) is 6.92 Å². The van der Waals surface area contributed by atoms with E-state index < -0.39 is 23.4 Å². The van der Waals surface area contributed by atoms with Crippen LogP contribution in [0.2, 0.25) is 0 Å². The molecule has 1 amide bonds. The third-order valence-electron chi connectivity index (χ3n) is 5.07. The number of rotatable bonds is 7. The second kappa shape index (κ2) is 9.72. The van der Waals surface area contributed by atoms with Crippen molar-refractivity contribution in [1.82, 2.24) is 19.3 Å². The summed E-state index contributed by atoms with van der Waals surface area (Å²) in [6.07, 6.45) is 0. The Balaban J connectivity index is 1.67. The van der Waals surface area contributed by atoms with Crippen molar-refractivity contribution in [1.29, 1.82) is 0 Å². The lowest BCUT2D eigenvalue weighted by molar-refractivity contribution is -0.113. The molecule has 0 fully saturated rings. The number of halogens is 3. The topological polar surface area (TPSA) is 81.8 Å². The van der Waals surface area contributed by atoms with E-state index in [9.17, 15) is 22.8 Å². The first-order valence-corrected chi connectivity index (χ1v) is 11.4. The standard InChI is InChI=1S/C23H20F3N5O2S/c1-3-31-21-20(13(2)29-31)28-23(30(22(21)33)11-14-4-6-15(24)7-5-14)34-12-19(32)27-18-10-16(25)8-9-17(18)26/h4-10H,3,11-12H2,1-2H3,(H,27,32). The van der Waals surface area contributed by atoms with E-state index in [1.54, 1.807) is 23.7 Å². The van der Waals surface area contributed by atoms with Crippen molar-refractivity contribution in [2.75, 3.05) is 11.1 Å². The number of nitrogens with one attached hydrogen (secondary N) is 1. The van der Waals surface area contributed by atoms with Gasteiger partial charge in [0.15, 0.2) is 10.7 Å². The minimum Gasteiger partial charge on any atom is -0.323 e. The van der Waals surface area contributed by atoms with Gasteiger partial charge >= 0.3 is 0 Å². The highest BCUT2D eigenvalue weighted by molar-refractivity contribution is 7.99. The van der Waals surface area contributed by atoms with E-state index in [0.717, 1.165) is 30.0 Å². The van der Waals surface area contributed by atoms with Gasteiger partial charge in [-0.25, -0.2) is 18.2 Å². The number of carbonyl (C=O) groups excluding carboxylic acids is 1. The Morgan fingerprint density at radius 2 is 1.79 bits per heavy atom. The zero-order valence-electron chi connectivity index (χ0n) is 18.3. The number of hydrogen-bond acceptors (Lipinski definition) is 5. The molecule has 0 aliphatic heterocycles. The normalized spacial score (nSPS) is 11.2. The molecule has 0 bridgehead atoms. The zero-order valence-corrected chi connectivity index (χ0v) is 19.1. The number of carbonyl (C=O) groups is 1. The summed E-state index contributed by atoms with van der Waals surface area (Å²) in [6.45, 7) is 4.15. The molecule has 34 heavy (non-hydrogen) atoms. The molecule has 2 aromatic carbocycles. The van der Waals surface area contributed by atoms with Crippen LogP contribution in [0.5, 0.6) is 0 Å². The van der Waals surface area contributed by atoms with Crippen molar-refractivity contribution in [3.63, 3.8) is 0 Å². The first-order chi connectivity index (χ1) is 16.3. The fraction of sp³-hybridized carbons (Fsp3) is 0.217. The van der Waals surface area contributed by atoms with Gasteiger partial charge in [-0.1, -0.05) is 23.9 Å². The molecule has 0 aliphatic carbocycles. The van der Waals surface area contributed by atoms with Crippen LogP contribution in [0.4, 0.5) is 18.9 Å². The molecule has 2 aromatic heterocycles. The molecule has 4 rings (SSSR count). The lowest BCUT2D eigenvalue weighted by Gasteiger charge is -2.13. The molecule has 0 unspecified atom stereocenters. The molecule has 0 spiro atoms. The van der Waals surface area contributed by atoms with Gasteiger partial charge in [0.25, 0.3) is 5.56 Å². The highest BCUT2D eigenvalue weighted by Crippen LogP contribution is 2.22. The lowest BCUT2D eigenvalue weighted by atomic mass is 10.2. The summed E-state index contributed by atoms with van der Waals surface area (Å²) in [5.41, 5.74) is 1.35. The molecular weight excluding hydrogens is 467 g/mol. The van der Waals surface area contributed by atoms with Crippen LogP contribution < -0.4 is 10.9 Å². The van der Waals surface area contributed by atoms with Crippen molar-refractivity contribution in [2.45, 2.75) is 32.1 Å². The largest absolute Gasteiger partial charge is 0.323 e. The van der Waals surface area contributed by atoms with Crippen molar-refractivity contribution >= 4 is 34.4 Å². The van der Waals surface area contributed by atoms with Crippen molar-refractivity contribution < 1.29 is 18.0 Å². The maximum absolute atomic E-state index is 13.9. The van der Waals surface area contributed by atoms with Crippen LogP contribution in [0.1, 0.15) is 18.2 Å². The molecule has 0 saturated carbocycles. The third-order valence-corrected chi connectivity index (χ3v) is 6.05. The van der Waals surface area contributed by atoms with Gasteiger partial charge in [0, 0.05) is 12.6 Å². The second-order valence-corrected chi connectivity index (χ2v) is 8.41. The molecule has 176 valence electrons. The molecule has 0 radical (unpaired) electrons. The maximum atomic E-state index is 13.9. The van der Waals surface area contributed by atoms with E-state index in [1.165, 1.54) is 16.7 Å². The summed E-state index contributed by atoms with van der Waals surface area (Å²) >= 11 is 0.974. The summed E-state index contributed by atoms with van der Waals surface area (Å²) in [6, 6.07) is 8.45.